The molecule has 0 heterocycles. The molecule has 2 atom stereocenters. The van der Waals surface area contributed by atoms with Gasteiger partial charge in [0, 0.05) is 12.1 Å². The Morgan fingerprint density at radius 2 is 2.07 bits per heavy atom. The molecule has 80 valence electrons. The van der Waals surface area contributed by atoms with Gasteiger partial charge in [-0.25, -0.2) is 0 Å². The lowest BCUT2D eigenvalue weighted by atomic mass is 9.89. The molecule has 2 saturated carbocycles. The van der Waals surface area contributed by atoms with Crippen molar-refractivity contribution in [3.05, 3.63) is 0 Å². The number of nitrogens with two attached hydrogens (primary N) is 1. The SMILES string of the molecule is NC1CCCC1C(=O)NC1CC(O)C1. The van der Waals surface area contributed by atoms with E-state index in [4.69, 9.17) is 10.8 Å². The number of amides is 1. The average Bonchev–Trinajstić information content (AvgIpc) is 2.48. The van der Waals surface area contributed by atoms with Crippen LogP contribution in [0.4, 0.5) is 0 Å². The fourth-order valence-corrected chi connectivity index (χ4v) is 2.33. The van der Waals surface area contributed by atoms with Crippen LogP contribution in [0.5, 0.6) is 0 Å². The van der Waals surface area contributed by atoms with Gasteiger partial charge in [-0.15, -0.1) is 0 Å². The normalized spacial score (nSPS) is 41.9. The zero-order chi connectivity index (χ0) is 10.1. The zero-order valence-electron chi connectivity index (χ0n) is 8.28. The van der Waals surface area contributed by atoms with E-state index in [9.17, 15) is 4.79 Å². The minimum atomic E-state index is -0.211. The quantitative estimate of drug-likeness (QED) is 0.573. The molecule has 2 unspecified atom stereocenters. The van der Waals surface area contributed by atoms with Crippen molar-refractivity contribution in [1.29, 1.82) is 0 Å². The number of nitrogens with one attached hydrogen (secondary N) is 1. The second-order valence-electron chi connectivity index (χ2n) is 4.53. The second kappa shape index (κ2) is 3.87. The third-order valence-corrected chi connectivity index (χ3v) is 3.37. The number of aliphatic hydroxyl groups is 1. The van der Waals surface area contributed by atoms with Crippen LogP contribution in [0, 0.1) is 5.92 Å². The molecular formula is C10H18N2O2. The van der Waals surface area contributed by atoms with Crippen molar-refractivity contribution in [2.24, 2.45) is 11.7 Å². The van der Waals surface area contributed by atoms with Crippen LogP contribution in [-0.4, -0.2) is 29.2 Å². The van der Waals surface area contributed by atoms with Crippen LogP contribution < -0.4 is 11.1 Å². The summed E-state index contributed by atoms with van der Waals surface area (Å²) in [5.74, 6) is 0.0969. The Morgan fingerprint density at radius 1 is 1.36 bits per heavy atom. The van der Waals surface area contributed by atoms with Crippen molar-refractivity contribution >= 4 is 5.91 Å². The summed E-state index contributed by atoms with van der Waals surface area (Å²) in [6, 6.07) is 0.227. The smallest absolute Gasteiger partial charge is 0.224 e. The molecule has 4 N–H and O–H groups in total. The van der Waals surface area contributed by atoms with E-state index in [1.54, 1.807) is 0 Å². The van der Waals surface area contributed by atoms with Gasteiger partial charge in [0.2, 0.25) is 5.91 Å². The molecule has 0 spiro atoms. The first-order valence-electron chi connectivity index (χ1n) is 5.41. The molecule has 0 aromatic carbocycles. The predicted octanol–water partition coefficient (Wildman–Crippen LogP) is -0.247. The fraction of sp³-hybridized carbons (Fsp3) is 0.900. The summed E-state index contributed by atoms with van der Waals surface area (Å²) in [4.78, 5) is 11.7. The van der Waals surface area contributed by atoms with Crippen LogP contribution in [0.3, 0.4) is 0 Å². The topological polar surface area (TPSA) is 75.4 Å². The van der Waals surface area contributed by atoms with Gasteiger partial charge in [0.25, 0.3) is 0 Å². The van der Waals surface area contributed by atoms with Crippen molar-refractivity contribution in [3.63, 3.8) is 0 Å². The maximum absolute atomic E-state index is 11.7. The highest BCUT2D eigenvalue weighted by molar-refractivity contribution is 5.80. The summed E-state index contributed by atoms with van der Waals surface area (Å²) < 4.78 is 0. The predicted molar refractivity (Wildman–Crippen MR) is 52.5 cm³/mol. The van der Waals surface area contributed by atoms with E-state index >= 15 is 0 Å². The molecule has 2 aliphatic rings. The molecule has 2 fully saturated rings. The number of hydrogen-bond acceptors (Lipinski definition) is 3. The van der Waals surface area contributed by atoms with Crippen LogP contribution in [-0.2, 0) is 4.79 Å². The lowest BCUT2D eigenvalue weighted by Crippen LogP contribution is -2.50. The summed E-state index contributed by atoms with van der Waals surface area (Å²) in [7, 11) is 0. The molecule has 0 saturated heterocycles. The number of carbonyl (C=O) groups is 1. The van der Waals surface area contributed by atoms with Gasteiger partial charge in [0.1, 0.15) is 0 Å². The molecule has 2 aliphatic carbocycles. The summed E-state index contributed by atoms with van der Waals surface area (Å²) >= 11 is 0. The van der Waals surface area contributed by atoms with Gasteiger partial charge in [-0.3, -0.25) is 4.79 Å². The highest BCUT2D eigenvalue weighted by atomic mass is 16.3. The van der Waals surface area contributed by atoms with Gasteiger partial charge in [0.05, 0.1) is 12.0 Å². The van der Waals surface area contributed by atoms with E-state index in [-0.39, 0.29) is 30.0 Å². The fourth-order valence-electron chi connectivity index (χ4n) is 2.33. The Morgan fingerprint density at radius 3 is 2.57 bits per heavy atom. The molecule has 1 amide bonds. The van der Waals surface area contributed by atoms with Crippen LogP contribution in [0.2, 0.25) is 0 Å². The largest absolute Gasteiger partial charge is 0.393 e. The summed E-state index contributed by atoms with van der Waals surface area (Å²) in [5.41, 5.74) is 5.83. The van der Waals surface area contributed by atoms with Crippen LogP contribution in [0.15, 0.2) is 0 Å². The third kappa shape index (κ3) is 1.91. The minimum absolute atomic E-state index is 0.00717. The lowest BCUT2D eigenvalue weighted by molar-refractivity contribution is -0.127. The maximum Gasteiger partial charge on any atom is 0.224 e. The maximum atomic E-state index is 11.7. The summed E-state index contributed by atoms with van der Waals surface area (Å²) in [5, 5.41) is 12.0. The number of rotatable bonds is 2. The minimum Gasteiger partial charge on any atom is -0.393 e. The van der Waals surface area contributed by atoms with E-state index in [1.807, 2.05) is 0 Å². The van der Waals surface area contributed by atoms with E-state index in [2.05, 4.69) is 5.32 Å². The van der Waals surface area contributed by atoms with Crippen LogP contribution >= 0.6 is 0 Å². The monoisotopic (exact) mass is 198 g/mol. The molecule has 4 nitrogen and oxygen atoms in total. The number of aliphatic hydroxyl groups excluding tert-OH is 1. The van der Waals surface area contributed by atoms with Gasteiger partial charge in [0.15, 0.2) is 0 Å². The van der Waals surface area contributed by atoms with E-state index in [0.717, 1.165) is 19.3 Å². The van der Waals surface area contributed by atoms with Crippen LogP contribution in [0.1, 0.15) is 32.1 Å². The Balaban J connectivity index is 1.78. The average molecular weight is 198 g/mol. The van der Waals surface area contributed by atoms with E-state index < -0.39 is 0 Å². The summed E-state index contributed by atoms with van der Waals surface area (Å²) in [6.07, 6.45) is 4.14. The van der Waals surface area contributed by atoms with E-state index in [1.165, 1.54) is 0 Å². The molecule has 0 aliphatic heterocycles. The van der Waals surface area contributed by atoms with Gasteiger partial charge < -0.3 is 16.2 Å². The van der Waals surface area contributed by atoms with Crippen LogP contribution in [0.25, 0.3) is 0 Å². The van der Waals surface area contributed by atoms with E-state index in [0.29, 0.717) is 12.8 Å². The third-order valence-electron chi connectivity index (χ3n) is 3.37. The second-order valence-corrected chi connectivity index (χ2v) is 4.53. The molecule has 14 heavy (non-hydrogen) atoms. The van der Waals surface area contributed by atoms with Gasteiger partial charge in [-0.2, -0.15) is 0 Å². The molecule has 0 radical (unpaired) electrons. The number of hydrogen-bond donors (Lipinski definition) is 3. The Bertz CT molecular complexity index is 226. The molecule has 0 aromatic rings. The van der Waals surface area contributed by atoms with Crippen molar-refractivity contribution in [2.75, 3.05) is 0 Å². The van der Waals surface area contributed by atoms with Crippen molar-refractivity contribution in [3.8, 4) is 0 Å². The molecular weight excluding hydrogens is 180 g/mol. The Kier molecular flexibility index (Phi) is 2.74. The Labute approximate surface area is 83.9 Å². The van der Waals surface area contributed by atoms with Crippen molar-refractivity contribution in [2.45, 2.75) is 50.3 Å². The first-order valence-corrected chi connectivity index (χ1v) is 5.41. The zero-order valence-corrected chi connectivity index (χ0v) is 8.28. The van der Waals surface area contributed by atoms with Gasteiger partial charge in [-0.05, 0) is 25.7 Å². The molecule has 4 heteroatoms. The number of carbonyl (C=O) groups excluding carboxylic acids is 1. The highest BCUT2D eigenvalue weighted by Crippen LogP contribution is 2.26. The molecule has 0 bridgehead atoms. The van der Waals surface area contributed by atoms with Crippen molar-refractivity contribution in [1.82, 2.24) is 5.32 Å². The van der Waals surface area contributed by atoms with Crippen molar-refractivity contribution < 1.29 is 9.90 Å². The van der Waals surface area contributed by atoms with Gasteiger partial charge in [-0.1, -0.05) is 6.42 Å². The Hall–Kier alpha value is -0.610. The molecule has 0 aromatic heterocycles. The first kappa shape index (κ1) is 9.93. The first-order chi connectivity index (χ1) is 6.66. The summed E-state index contributed by atoms with van der Waals surface area (Å²) in [6.45, 7) is 0. The standard InChI is InChI=1S/C10H18N2O2/c11-9-3-1-2-8(9)10(14)12-6-4-7(13)5-6/h6-9,13H,1-5,11H2,(H,12,14). The van der Waals surface area contributed by atoms with Gasteiger partial charge >= 0.3 is 0 Å². The highest BCUT2D eigenvalue weighted by Gasteiger charge is 2.34. The molecule has 2 rings (SSSR count). The lowest BCUT2D eigenvalue weighted by Gasteiger charge is -2.33.